The summed E-state index contributed by atoms with van der Waals surface area (Å²) in [7, 11) is -1.27. The number of H-pyrrole nitrogens is 1. The minimum absolute atomic E-state index is 0.178. The highest BCUT2D eigenvalue weighted by Crippen LogP contribution is 2.25. The van der Waals surface area contributed by atoms with Crippen LogP contribution in [0.2, 0.25) is 25.7 Å². The molecule has 0 saturated carbocycles. The molecule has 0 radical (unpaired) electrons. The highest BCUT2D eigenvalue weighted by atomic mass is 28.3. The fraction of sp³-hybridized carbons (Fsp3) is 0.345. The first-order chi connectivity index (χ1) is 19.2. The van der Waals surface area contributed by atoms with Crippen molar-refractivity contribution in [1.29, 1.82) is 5.26 Å². The van der Waals surface area contributed by atoms with Crippen molar-refractivity contribution in [2.75, 3.05) is 18.5 Å². The van der Waals surface area contributed by atoms with Gasteiger partial charge in [0, 0.05) is 32.4 Å². The standard InChI is InChI=1S/C29H34N6O4Si/c1-5-6-24-32-27-26(29(37)33-24)35(19-38-15-16-40(2,3)4)28(34-27)21-9-13-23(14-10-21)39-18-25(36)31-22-11-7-20(17-30)8-12-22/h7-14H,5-6,15-16,18-19H2,1-4H3,(H,31,36)(H,32,33,37). The molecular weight excluding hydrogens is 524 g/mol. The average Bonchev–Trinajstić information content (AvgIpc) is 3.29. The molecule has 0 aliphatic rings. The van der Waals surface area contributed by atoms with Gasteiger partial charge < -0.3 is 19.8 Å². The van der Waals surface area contributed by atoms with E-state index in [0.29, 0.717) is 52.8 Å². The van der Waals surface area contributed by atoms with Crippen molar-refractivity contribution in [2.24, 2.45) is 0 Å². The van der Waals surface area contributed by atoms with Crippen LogP contribution in [-0.2, 0) is 22.7 Å². The minimum Gasteiger partial charge on any atom is -0.484 e. The van der Waals surface area contributed by atoms with Crippen LogP contribution in [0, 0.1) is 11.3 Å². The van der Waals surface area contributed by atoms with E-state index >= 15 is 0 Å². The van der Waals surface area contributed by atoms with E-state index in [-0.39, 0.29) is 24.8 Å². The van der Waals surface area contributed by atoms with Crippen molar-refractivity contribution in [2.45, 2.75) is 52.2 Å². The second kappa shape index (κ2) is 12.7. The number of hydrogen-bond donors (Lipinski definition) is 2. The summed E-state index contributed by atoms with van der Waals surface area (Å²) in [6, 6.07) is 16.8. The molecule has 2 aromatic heterocycles. The molecule has 0 aliphatic carbocycles. The van der Waals surface area contributed by atoms with Crippen LogP contribution in [0.5, 0.6) is 5.75 Å². The molecule has 10 nitrogen and oxygen atoms in total. The summed E-state index contributed by atoms with van der Waals surface area (Å²) in [4.78, 5) is 37.5. The first-order valence-electron chi connectivity index (χ1n) is 13.3. The lowest BCUT2D eigenvalue weighted by molar-refractivity contribution is -0.118. The molecule has 0 spiro atoms. The number of carbonyl (C=O) groups is 1. The smallest absolute Gasteiger partial charge is 0.277 e. The Bertz CT molecular complexity index is 1560. The van der Waals surface area contributed by atoms with Crippen molar-refractivity contribution >= 4 is 30.8 Å². The summed E-state index contributed by atoms with van der Waals surface area (Å²) in [6.07, 6.45) is 1.51. The van der Waals surface area contributed by atoms with Gasteiger partial charge in [0.05, 0.1) is 11.6 Å². The van der Waals surface area contributed by atoms with E-state index in [1.807, 2.05) is 25.1 Å². The molecule has 0 saturated heterocycles. The molecule has 0 atom stereocenters. The molecule has 2 aromatic carbocycles. The maximum Gasteiger partial charge on any atom is 0.277 e. The number of imidazole rings is 1. The molecule has 11 heteroatoms. The largest absolute Gasteiger partial charge is 0.484 e. The number of nitriles is 1. The quantitative estimate of drug-likeness (QED) is 0.186. The second-order valence-corrected chi connectivity index (χ2v) is 16.3. The highest BCUT2D eigenvalue weighted by molar-refractivity contribution is 6.76. The third kappa shape index (κ3) is 7.43. The zero-order valence-corrected chi connectivity index (χ0v) is 24.3. The maximum atomic E-state index is 13.0. The Labute approximate surface area is 234 Å². The van der Waals surface area contributed by atoms with Crippen molar-refractivity contribution in [3.8, 4) is 23.2 Å². The normalized spacial score (nSPS) is 11.4. The zero-order valence-electron chi connectivity index (χ0n) is 23.3. The average molecular weight is 559 g/mol. The fourth-order valence-corrected chi connectivity index (χ4v) is 4.75. The lowest BCUT2D eigenvalue weighted by Crippen LogP contribution is -2.22. The van der Waals surface area contributed by atoms with Crippen LogP contribution in [0.3, 0.4) is 0 Å². The zero-order chi connectivity index (χ0) is 28.7. The number of hydrogen-bond acceptors (Lipinski definition) is 7. The van der Waals surface area contributed by atoms with E-state index in [9.17, 15) is 9.59 Å². The second-order valence-electron chi connectivity index (χ2n) is 10.7. The van der Waals surface area contributed by atoms with Crippen LogP contribution in [0.4, 0.5) is 5.69 Å². The van der Waals surface area contributed by atoms with Crippen LogP contribution in [0.1, 0.15) is 24.7 Å². The molecule has 4 aromatic rings. The Balaban J connectivity index is 1.51. The first-order valence-corrected chi connectivity index (χ1v) is 17.0. The van der Waals surface area contributed by atoms with Crippen LogP contribution >= 0.6 is 0 Å². The van der Waals surface area contributed by atoms with Crippen LogP contribution < -0.4 is 15.6 Å². The van der Waals surface area contributed by atoms with Gasteiger partial charge in [0.1, 0.15) is 24.1 Å². The van der Waals surface area contributed by atoms with E-state index < -0.39 is 8.07 Å². The molecule has 0 bridgehead atoms. The number of rotatable bonds is 12. The number of nitrogens with zero attached hydrogens (tertiary/aromatic N) is 4. The summed E-state index contributed by atoms with van der Waals surface area (Å²) in [5.41, 5.74) is 2.38. The Kier molecular flexibility index (Phi) is 9.14. The third-order valence-corrected chi connectivity index (χ3v) is 7.85. The highest BCUT2D eigenvalue weighted by Gasteiger charge is 2.19. The molecule has 0 unspecified atom stereocenters. The van der Waals surface area contributed by atoms with Gasteiger partial charge in [-0.3, -0.25) is 14.2 Å². The van der Waals surface area contributed by atoms with Gasteiger partial charge in [-0.25, -0.2) is 9.97 Å². The van der Waals surface area contributed by atoms with Gasteiger partial charge in [-0.1, -0.05) is 26.6 Å². The Morgan fingerprint density at radius 1 is 1.10 bits per heavy atom. The molecule has 2 N–H and O–H groups in total. The van der Waals surface area contributed by atoms with Gasteiger partial charge in [0.25, 0.3) is 11.5 Å². The van der Waals surface area contributed by atoms with Crippen LogP contribution in [-0.4, -0.2) is 46.7 Å². The van der Waals surface area contributed by atoms with Gasteiger partial charge >= 0.3 is 0 Å². The summed E-state index contributed by atoms with van der Waals surface area (Å²) in [5, 5.41) is 11.6. The summed E-state index contributed by atoms with van der Waals surface area (Å²) >= 11 is 0. The van der Waals surface area contributed by atoms with Gasteiger partial charge in [-0.15, -0.1) is 0 Å². The van der Waals surface area contributed by atoms with Gasteiger partial charge in [-0.2, -0.15) is 5.26 Å². The number of anilines is 1. The van der Waals surface area contributed by atoms with Crippen molar-refractivity contribution in [3.63, 3.8) is 0 Å². The number of fused-ring (bicyclic) bond motifs is 1. The monoisotopic (exact) mass is 558 g/mol. The number of benzene rings is 2. The molecule has 2 heterocycles. The molecule has 40 heavy (non-hydrogen) atoms. The van der Waals surface area contributed by atoms with E-state index in [2.05, 4.69) is 34.9 Å². The van der Waals surface area contributed by atoms with Crippen molar-refractivity contribution < 1.29 is 14.3 Å². The Morgan fingerprint density at radius 2 is 1.82 bits per heavy atom. The summed E-state index contributed by atoms with van der Waals surface area (Å²) in [6.45, 7) is 9.51. The predicted molar refractivity (Wildman–Crippen MR) is 157 cm³/mol. The number of aromatic amines is 1. The summed E-state index contributed by atoms with van der Waals surface area (Å²) < 4.78 is 13.4. The first kappa shape index (κ1) is 28.7. The number of aryl methyl sites for hydroxylation is 1. The number of amides is 1. The van der Waals surface area contributed by atoms with Gasteiger partial charge in [0.2, 0.25) is 0 Å². The fourth-order valence-electron chi connectivity index (χ4n) is 4.00. The molecular formula is C29H34N6O4Si. The molecule has 0 fully saturated rings. The van der Waals surface area contributed by atoms with Crippen LogP contribution in [0.15, 0.2) is 53.3 Å². The van der Waals surface area contributed by atoms with Gasteiger partial charge in [-0.05, 0) is 61.0 Å². The Morgan fingerprint density at radius 3 is 2.48 bits per heavy atom. The number of ether oxygens (including phenoxy) is 2. The molecule has 1 amide bonds. The number of aromatic nitrogens is 4. The lowest BCUT2D eigenvalue weighted by atomic mass is 10.2. The molecule has 0 aliphatic heterocycles. The van der Waals surface area contributed by atoms with E-state index in [1.54, 1.807) is 41.0 Å². The number of nitrogens with one attached hydrogen (secondary N) is 2. The summed E-state index contributed by atoms with van der Waals surface area (Å²) in [5.74, 6) is 1.37. The maximum absolute atomic E-state index is 13.0. The minimum atomic E-state index is -1.27. The van der Waals surface area contributed by atoms with E-state index in [4.69, 9.17) is 19.7 Å². The van der Waals surface area contributed by atoms with Crippen molar-refractivity contribution in [3.05, 3.63) is 70.3 Å². The SMILES string of the molecule is CCCc1nc2nc(-c3ccc(OCC(=O)Nc4ccc(C#N)cc4)cc3)n(COCC[Si](C)(C)C)c2c(=O)[nH]1. The molecule has 4 rings (SSSR count). The predicted octanol–water partition coefficient (Wildman–Crippen LogP) is 4.94. The molecule has 208 valence electrons. The van der Waals surface area contributed by atoms with Crippen molar-refractivity contribution in [1.82, 2.24) is 19.5 Å². The van der Waals surface area contributed by atoms with Gasteiger partial charge in [0.15, 0.2) is 17.8 Å². The van der Waals surface area contributed by atoms with E-state index in [1.165, 1.54) is 0 Å². The topological polar surface area (TPSA) is 135 Å². The Hall–Kier alpha value is -4.27. The lowest BCUT2D eigenvalue weighted by Gasteiger charge is -2.16. The third-order valence-electron chi connectivity index (χ3n) is 6.15. The number of carbonyl (C=O) groups excluding carboxylic acids is 1. The van der Waals surface area contributed by atoms with E-state index in [0.717, 1.165) is 18.0 Å². The van der Waals surface area contributed by atoms with Crippen LogP contribution in [0.25, 0.3) is 22.6 Å².